The summed E-state index contributed by atoms with van der Waals surface area (Å²) in [6, 6.07) is 42.2. The number of benzene rings is 4. The SMILES string of the molecule is CCc1c[n+](C)c(-c2c(C)ccc3c2oc2nc(C(C)C)ccc23)cc1C(C)C.CCc1ccc2c(n1)oc1c(-c3cc(C(C)C)c(CC)c[n+]3C)c(C)ccc12.[2H]C([2H])(C)c1c[n+](C)c(-c2c(C)ccc3c2oc2nc(CC)ccc23)cc1C(C)C.[2H]C([2H])(C)c1cc(-c2c(C)ccc3c2oc2nc(C(C)C)ccc23)[n+](C)cc1C([2H])(C)C([2H])([2H])[2H]. The Kier molecular flexibility index (Phi) is 20.8. The molecule has 0 fully saturated rings. The lowest BCUT2D eigenvalue weighted by atomic mass is 9.93. The van der Waals surface area contributed by atoms with E-state index in [9.17, 15) is 0 Å². The predicted octanol–water partition coefficient (Wildman–Crippen LogP) is 25.2. The number of aryl methyl sites for hydroxylation is 14. The summed E-state index contributed by atoms with van der Waals surface area (Å²) in [6.07, 6.45) is 8.64. The predicted molar refractivity (Wildman–Crippen MR) is 472 cm³/mol. The Hall–Kier alpha value is -10.7. The zero-order valence-electron chi connectivity index (χ0n) is 79.8. The second kappa shape index (κ2) is 33.4. The van der Waals surface area contributed by atoms with E-state index in [4.69, 9.17) is 43.6 Å². The van der Waals surface area contributed by atoms with Gasteiger partial charge < -0.3 is 17.7 Å². The van der Waals surface area contributed by atoms with Gasteiger partial charge in [0, 0.05) is 123 Å². The van der Waals surface area contributed by atoms with Crippen molar-refractivity contribution in [1.29, 1.82) is 0 Å². The number of fused-ring (bicyclic) bond motifs is 12. The highest BCUT2D eigenvalue weighted by molar-refractivity contribution is 6.12. The normalized spacial score (nSPS) is 13.8. The number of hydrogen-bond acceptors (Lipinski definition) is 8. The highest BCUT2D eigenvalue weighted by Crippen LogP contribution is 2.43. The van der Waals surface area contributed by atoms with Crippen LogP contribution in [0.3, 0.4) is 0 Å². The van der Waals surface area contributed by atoms with Crippen LogP contribution in [0.5, 0.6) is 0 Å². The number of furan rings is 4. The first-order chi connectivity index (χ1) is 57.4. The van der Waals surface area contributed by atoms with Crippen molar-refractivity contribution in [3.05, 3.63) is 236 Å². The number of pyridine rings is 8. The zero-order chi connectivity index (χ0) is 88.7. The van der Waals surface area contributed by atoms with E-state index in [2.05, 4.69) is 249 Å². The second-order valence-electron chi connectivity index (χ2n) is 32.5. The maximum atomic E-state index is 8.64. The molecule has 1 atom stereocenters. The molecule has 0 spiro atoms. The minimum Gasteiger partial charge on any atom is -0.437 e. The fourth-order valence-corrected chi connectivity index (χ4v) is 16.3. The molecule has 0 aliphatic heterocycles. The smallest absolute Gasteiger partial charge is 0.227 e. The molecular formula is C102H120N8O4+4. The van der Waals surface area contributed by atoms with Gasteiger partial charge in [-0.25, -0.2) is 38.2 Å². The molecule has 4 aromatic carbocycles. The summed E-state index contributed by atoms with van der Waals surface area (Å²) >= 11 is 0. The van der Waals surface area contributed by atoms with Crippen molar-refractivity contribution in [1.82, 2.24) is 19.9 Å². The minimum atomic E-state index is -2.63. The monoisotopic (exact) mass is 1530 g/mol. The van der Waals surface area contributed by atoms with Gasteiger partial charge in [0.2, 0.25) is 45.6 Å². The van der Waals surface area contributed by atoms with Gasteiger partial charge >= 0.3 is 0 Å². The van der Waals surface area contributed by atoms with Crippen LogP contribution >= 0.6 is 0 Å². The third-order valence-electron chi connectivity index (χ3n) is 22.9. The van der Waals surface area contributed by atoms with Crippen molar-refractivity contribution < 1.29 is 46.9 Å². The average molecular weight is 1530 g/mol. The molecule has 588 valence electrons. The molecule has 0 bridgehead atoms. The van der Waals surface area contributed by atoms with Gasteiger partial charge in [-0.1, -0.05) is 173 Å². The number of nitrogens with zero attached hydrogens (tertiary/aromatic N) is 8. The number of aromatic nitrogens is 8. The quantitative estimate of drug-likeness (QED) is 0.0878. The lowest BCUT2D eigenvalue weighted by Crippen LogP contribution is -2.32. The van der Waals surface area contributed by atoms with Crippen LogP contribution in [0.15, 0.2) is 164 Å². The summed E-state index contributed by atoms with van der Waals surface area (Å²) in [5.74, 6) is -0.180. The molecule has 12 heterocycles. The maximum Gasteiger partial charge on any atom is 0.227 e. The van der Waals surface area contributed by atoms with Crippen molar-refractivity contribution in [3.63, 3.8) is 0 Å². The highest BCUT2D eigenvalue weighted by Gasteiger charge is 2.30. The minimum absolute atomic E-state index is 0.133. The molecule has 12 heteroatoms. The van der Waals surface area contributed by atoms with E-state index >= 15 is 0 Å². The van der Waals surface area contributed by atoms with Crippen LogP contribution in [0.25, 0.3) is 133 Å². The first kappa shape index (κ1) is 71.1. The molecule has 0 radical (unpaired) electrons. The van der Waals surface area contributed by atoms with Gasteiger partial charge in [0.1, 0.15) is 28.2 Å². The topological polar surface area (TPSA) is 120 Å². The molecule has 12 nitrogen and oxygen atoms in total. The van der Waals surface area contributed by atoms with Crippen LogP contribution in [-0.4, -0.2) is 19.9 Å². The standard InChI is InChI=1S/2C26H31N2O.2C25H29N2O/c1-8-18-14-28(7)23(13-21(18)15(2)3)24-17(6)9-10-19-20-11-12-22(16(4)5)27-26(20)29-25(19)24;1-8-18-13-23(28(7)14-21(18)15(2)3)24-17(6)9-10-19-20-11-12-22(16(4)5)27-26(20)29-25(19)24;2*1-7-17-14-27(6)22(13-21(17)15(3)4)23-16(5)9-11-19-20-12-10-18(8-2)26-25(20)28-24(19)23/h2*9-16H,8H2,1-7H3;2*9-15H,7-8H2,1-6H3/q4*+1/i;2D3,8D2,15D;7D2;. The van der Waals surface area contributed by atoms with Crippen LogP contribution in [-0.2, 0) is 66.6 Å². The van der Waals surface area contributed by atoms with Gasteiger partial charge in [-0.05, 0) is 195 Å². The Bertz CT molecular complexity index is 6720. The van der Waals surface area contributed by atoms with Crippen LogP contribution in [0, 0.1) is 27.7 Å². The Balaban J connectivity index is 0.000000141. The van der Waals surface area contributed by atoms with E-state index in [0.717, 1.165) is 159 Å². The molecule has 16 aromatic rings. The third kappa shape index (κ3) is 15.4. The molecular weight excluding hydrogens is 1400 g/mol. The molecule has 114 heavy (non-hydrogen) atoms. The van der Waals surface area contributed by atoms with E-state index in [1.165, 1.54) is 69.7 Å². The van der Waals surface area contributed by atoms with Gasteiger partial charge in [-0.3, -0.25) is 0 Å². The van der Waals surface area contributed by atoms with Crippen molar-refractivity contribution in [2.24, 2.45) is 28.2 Å². The van der Waals surface area contributed by atoms with Gasteiger partial charge in [-0.15, -0.1) is 0 Å². The number of hydrogen-bond donors (Lipinski definition) is 0. The van der Waals surface area contributed by atoms with Crippen molar-refractivity contribution in [2.45, 2.75) is 226 Å². The van der Waals surface area contributed by atoms with Gasteiger partial charge in [0.05, 0.1) is 22.3 Å². The van der Waals surface area contributed by atoms with Crippen molar-refractivity contribution in [2.75, 3.05) is 0 Å². The molecule has 0 amide bonds. The van der Waals surface area contributed by atoms with Crippen molar-refractivity contribution in [3.8, 4) is 45.0 Å². The van der Waals surface area contributed by atoms with Gasteiger partial charge in [0.15, 0.2) is 47.1 Å². The summed E-state index contributed by atoms with van der Waals surface area (Å²) < 4.78 is 99.5. The van der Waals surface area contributed by atoms with Crippen LogP contribution < -0.4 is 18.3 Å². The van der Waals surface area contributed by atoms with Crippen LogP contribution in [0.4, 0.5) is 0 Å². The first-order valence-electron chi connectivity index (χ1n) is 44.8. The van der Waals surface area contributed by atoms with Crippen molar-refractivity contribution >= 4 is 88.3 Å². The summed E-state index contributed by atoms with van der Waals surface area (Å²) in [6.45, 7) is 40.5. The zero-order valence-corrected chi connectivity index (χ0v) is 71.8. The molecule has 0 saturated heterocycles. The van der Waals surface area contributed by atoms with E-state index < -0.39 is 25.5 Å². The molecule has 0 saturated carbocycles. The van der Waals surface area contributed by atoms with E-state index in [-0.39, 0.29) is 23.0 Å². The largest absolute Gasteiger partial charge is 0.437 e. The van der Waals surface area contributed by atoms with Gasteiger partial charge in [-0.2, -0.15) is 0 Å². The second-order valence-corrected chi connectivity index (χ2v) is 32.5. The Labute approximate surface area is 686 Å². The summed E-state index contributed by atoms with van der Waals surface area (Å²) in [4.78, 5) is 18.9. The first-order valence-corrected chi connectivity index (χ1v) is 40.8. The maximum absolute atomic E-state index is 8.64. The lowest BCUT2D eigenvalue weighted by Gasteiger charge is -2.13. The van der Waals surface area contributed by atoms with E-state index in [0.29, 0.717) is 40.5 Å². The fraction of sp³-hybridized carbons (Fsp3) is 0.373. The Morgan fingerprint density at radius 2 is 0.614 bits per heavy atom. The van der Waals surface area contributed by atoms with Gasteiger partial charge in [0.25, 0.3) is 0 Å². The summed E-state index contributed by atoms with van der Waals surface area (Å²) in [5.41, 5.74) is 30.5. The fourth-order valence-electron chi connectivity index (χ4n) is 16.3. The molecule has 16 rings (SSSR count). The van der Waals surface area contributed by atoms with Crippen LogP contribution in [0.2, 0.25) is 0 Å². The van der Waals surface area contributed by atoms with Crippen LogP contribution in [0.1, 0.15) is 261 Å². The summed E-state index contributed by atoms with van der Waals surface area (Å²) in [7, 11) is 8.02. The highest BCUT2D eigenvalue weighted by atomic mass is 16.4. The Morgan fingerprint density at radius 1 is 0.325 bits per heavy atom. The molecule has 0 aliphatic rings. The molecule has 12 aromatic heterocycles. The summed E-state index contributed by atoms with van der Waals surface area (Å²) in [5, 5.41) is 8.33. The molecule has 0 aliphatic carbocycles. The Morgan fingerprint density at radius 3 is 0.912 bits per heavy atom. The van der Waals surface area contributed by atoms with E-state index in [1.54, 1.807) is 30.8 Å². The third-order valence-corrected chi connectivity index (χ3v) is 22.9. The lowest BCUT2D eigenvalue weighted by molar-refractivity contribution is -0.661. The number of rotatable bonds is 16. The molecule has 0 N–H and O–H groups in total. The molecule has 1 unspecified atom stereocenters. The average Bonchev–Trinajstić information content (AvgIpc) is 1.40. The van der Waals surface area contributed by atoms with E-state index in [1.807, 2.05) is 49.0 Å².